The lowest BCUT2D eigenvalue weighted by Gasteiger charge is -2.15. The summed E-state index contributed by atoms with van der Waals surface area (Å²) in [5.41, 5.74) is 1.14. The minimum atomic E-state index is 0.401. The minimum absolute atomic E-state index is 0.401. The van der Waals surface area contributed by atoms with Crippen LogP contribution in [0.5, 0.6) is 0 Å². The summed E-state index contributed by atoms with van der Waals surface area (Å²) in [6.45, 7) is 6.44. The van der Waals surface area contributed by atoms with Gasteiger partial charge >= 0.3 is 0 Å². The lowest BCUT2D eigenvalue weighted by atomic mass is 10.1. The van der Waals surface area contributed by atoms with Crippen LogP contribution in [-0.4, -0.2) is 49.8 Å². The lowest BCUT2D eigenvalue weighted by Crippen LogP contribution is -2.29. The summed E-state index contributed by atoms with van der Waals surface area (Å²) in [5.74, 6) is 0. The Kier molecular flexibility index (Phi) is 8.49. The van der Waals surface area contributed by atoms with Gasteiger partial charge in [-0.05, 0) is 32.9 Å². The molecule has 0 radical (unpaired) electrons. The van der Waals surface area contributed by atoms with E-state index in [-0.39, 0.29) is 0 Å². The fourth-order valence-electron chi connectivity index (χ4n) is 1.99. The second kappa shape index (κ2) is 9.91. The Morgan fingerprint density at radius 2 is 2.15 bits per heavy atom. The first-order valence-electron chi connectivity index (χ1n) is 7.49. The van der Waals surface area contributed by atoms with E-state index in [0.29, 0.717) is 25.3 Å². The molecule has 0 aliphatic rings. The molecule has 0 spiro atoms. The summed E-state index contributed by atoms with van der Waals surface area (Å²) in [6.07, 6.45) is 5.10. The van der Waals surface area contributed by atoms with Crippen molar-refractivity contribution in [2.24, 2.45) is 0 Å². The van der Waals surface area contributed by atoms with Gasteiger partial charge in [0.2, 0.25) is 0 Å². The zero-order chi connectivity index (χ0) is 14.8. The van der Waals surface area contributed by atoms with E-state index in [9.17, 15) is 0 Å². The van der Waals surface area contributed by atoms with Gasteiger partial charge in [0.1, 0.15) is 0 Å². The molecular formula is C15H29N3O2. The molecular weight excluding hydrogens is 254 g/mol. The first-order valence-corrected chi connectivity index (χ1v) is 7.49. The van der Waals surface area contributed by atoms with Gasteiger partial charge in [-0.15, -0.1) is 0 Å². The molecule has 2 atom stereocenters. The number of hydrogen-bond acceptors (Lipinski definition) is 4. The number of nitrogens with one attached hydrogen (secondary N) is 1. The van der Waals surface area contributed by atoms with Crippen LogP contribution >= 0.6 is 0 Å². The molecule has 0 saturated carbocycles. The van der Waals surface area contributed by atoms with Crippen molar-refractivity contribution in [2.45, 2.75) is 45.2 Å². The monoisotopic (exact) mass is 283 g/mol. The summed E-state index contributed by atoms with van der Waals surface area (Å²) in [4.78, 5) is 0. The molecule has 0 aliphatic heterocycles. The number of methoxy groups -OCH3 is 1. The van der Waals surface area contributed by atoms with Crippen LogP contribution in [0.15, 0.2) is 12.3 Å². The van der Waals surface area contributed by atoms with E-state index in [1.165, 1.54) is 0 Å². The van der Waals surface area contributed by atoms with Crippen LogP contribution in [0.4, 0.5) is 0 Å². The summed E-state index contributed by atoms with van der Waals surface area (Å²) in [5, 5.41) is 7.98. The van der Waals surface area contributed by atoms with Gasteiger partial charge < -0.3 is 14.8 Å². The molecule has 1 aromatic rings. The molecule has 0 fully saturated rings. The van der Waals surface area contributed by atoms with E-state index >= 15 is 0 Å². The van der Waals surface area contributed by atoms with E-state index in [0.717, 1.165) is 31.6 Å². The number of hydrogen-bond donors (Lipinski definition) is 1. The zero-order valence-corrected chi connectivity index (χ0v) is 13.3. The largest absolute Gasteiger partial charge is 0.382 e. The summed E-state index contributed by atoms with van der Waals surface area (Å²) in [7, 11) is 3.68. The molecule has 0 aromatic carbocycles. The quantitative estimate of drug-likeness (QED) is 0.631. The lowest BCUT2D eigenvalue weighted by molar-refractivity contribution is 0.0661. The molecule has 0 saturated heterocycles. The Hall–Kier alpha value is -0.910. The Labute approximate surface area is 122 Å². The molecule has 1 N–H and O–H groups in total. The molecule has 2 unspecified atom stereocenters. The molecule has 20 heavy (non-hydrogen) atoms. The van der Waals surface area contributed by atoms with Crippen molar-refractivity contribution in [3.8, 4) is 0 Å². The van der Waals surface area contributed by atoms with Crippen LogP contribution in [0.2, 0.25) is 0 Å². The van der Waals surface area contributed by atoms with E-state index in [4.69, 9.17) is 9.47 Å². The zero-order valence-electron chi connectivity index (χ0n) is 13.3. The van der Waals surface area contributed by atoms with Crippen molar-refractivity contribution in [2.75, 3.05) is 34.0 Å². The fraction of sp³-hybridized carbons (Fsp3) is 0.800. The Morgan fingerprint density at radius 3 is 2.80 bits per heavy atom. The van der Waals surface area contributed by atoms with E-state index in [1.807, 2.05) is 7.05 Å². The highest BCUT2D eigenvalue weighted by molar-refractivity contribution is 5.02. The topological polar surface area (TPSA) is 48.3 Å². The molecule has 1 rings (SSSR count). The number of nitrogens with zero attached hydrogens (tertiary/aromatic N) is 2. The minimum Gasteiger partial charge on any atom is -0.382 e. The third-order valence-corrected chi connectivity index (χ3v) is 3.61. The molecule has 1 aromatic heterocycles. The predicted octanol–water partition coefficient (Wildman–Crippen LogP) is 2.04. The summed E-state index contributed by atoms with van der Waals surface area (Å²) >= 11 is 0. The number of rotatable bonds is 11. The van der Waals surface area contributed by atoms with Gasteiger partial charge in [0.15, 0.2) is 0 Å². The van der Waals surface area contributed by atoms with Crippen molar-refractivity contribution >= 4 is 0 Å². The maximum absolute atomic E-state index is 5.51. The normalized spacial score (nSPS) is 14.4. The number of likely N-dealkylation sites (N-methyl/N-ethyl adjacent to an activating group) is 1. The standard InChI is InChI=1S/C15H29N3O2/c1-5-13(2)18-8-6-15(17-18)12-14(16-3)7-9-20-11-10-19-4/h6,8,13-14,16H,5,7,9-12H2,1-4H3. The van der Waals surface area contributed by atoms with Crippen LogP contribution in [0, 0.1) is 0 Å². The van der Waals surface area contributed by atoms with Crippen LogP contribution in [0.1, 0.15) is 38.4 Å². The summed E-state index contributed by atoms with van der Waals surface area (Å²) in [6, 6.07) is 2.98. The molecule has 116 valence electrons. The van der Waals surface area contributed by atoms with E-state index in [2.05, 4.69) is 41.2 Å². The van der Waals surface area contributed by atoms with Crippen molar-refractivity contribution in [3.63, 3.8) is 0 Å². The Bertz CT molecular complexity index is 355. The average Bonchev–Trinajstić information content (AvgIpc) is 2.93. The van der Waals surface area contributed by atoms with Gasteiger partial charge in [-0.3, -0.25) is 4.68 Å². The van der Waals surface area contributed by atoms with Gasteiger partial charge in [0.25, 0.3) is 0 Å². The maximum Gasteiger partial charge on any atom is 0.0700 e. The maximum atomic E-state index is 5.51. The molecule has 0 amide bonds. The van der Waals surface area contributed by atoms with Crippen LogP contribution < -0.4 is 5.32 Å². The first-order chi connectivity index (χ1) is 9.71. The molecule has 1 heterocycles. The van der Waals surface area contributed by atoms with Crippen LogP contribution in [-0.2, 0) is 15.9 Å². The SMILES string of the molecule is CCC(C)n1ccc(CC(CCOCCOC)NC)n1. The highest BCUT2D eigenvalue weighted by Gasteiger charge is 2.11. The highest BCUT2D eigenvalue weighted by Crippen LogP contribution is 2.11. The fourth-order valence-corrected chi connectivity index (χ4v) is 1.99. The van der Waals surface area contributed by atoms with Gasteiger partial charge in [-0.2, -0.15) is 5.10 Å². The van der Waals surface area contributed by atoms with Gasteiger partial charge in [-0.1, -0.05) is 6.92 Å². The molecule has 5 nitrogen and oxygen atoms in total. The van der Waals surface area contributed by atoms with Gasteiger partial charge in [0.05, 0.1) is 18.9 Å². The van der Waals surface area contributed by atoms with Gasteiger partial charge in [-0.25, -0.2) is 0 Å². The molecule has 0 aliphatic carbocycles. The third-order valence-electron chi connectivity index (χ3n) is 3.61. The number of ether oxygens (including phenoxy) is 2. The van der Waals surface area contributed by atoms with Gasteiger partial charge in [0, 0.05) is 38.4 Å². The van der Waals surface area contributed by atoms with Crippen molar-refractivity contribution in [1.82, 2.24) is 15.1 Å². The third kappa shape index (κ3) is 6.03. The van der Waals surface area contributed by atoms with E-state index in [1.54, 1.807) is 7.11 Å². The predicted molar refractivity (Wildman–Crippen MR) is 81.1 cm³/mol. The van der Waals surface area contributed by atoms with Crippen LogP contribution in [0.3, 0.4) is 0 Å². The Morgan fingerprint density at radius 1 is 1.35 bits per heavy atom. The highest BCUT2D eigenvalue weighted by atomic mass is 16.5. The molecule has 5 heteroatoms. The average molecular weight is 283 g/mol. The van der Waals surface area contributed by atoms with Crippen molar-refractivity contribution in [1.29, 1.82) is 0 Å². The van der Waals surface area contributed by atoms with Crippen molar-refractivity contribution in [3.05, 3.63) is 18.0 Å². The van der Waals surface area contributed by atoms with Crippen molar-refractivity contribution < 1.29 is 9.47 Å². The number of aromatic nitrogens is 2. The smallest absolute Gasteiger partial charge is 0.0700 e. The Balaban J connectivity index is 2.34. The summed E-state index contributed by atoms with van der Waals surface area (Å²) < 4.78 is 12.5. The second-order valence-electron chi connectivity index (χ2n) is 5.13. The molecule has 0 bridgehead atoms. The van der Waals surface area contributed by atoms with E-state index < -0.39 is 0 Å². The second-order valence-corrected chi connectivity index (χ2v) is 5.13. The van der Waals surface area contributed by atoms with Crippen LogP contribution in [0.25, 0.3) is 0 Å². The first kappa shape index (κ1) is 17.1.